The zero-order valence-corrected chi connectivity index (χ0v) is 11.3. The third kappa shape index (κ3) is 3.34. The van der Waals surface area contributed by atoms with Crippen LogP contribution in [0, 0.1) is 5.92 Å². The van der Waals surface area contributed by atoms with Gasteiger partial charge in [-0.15, -0.1) is 0 Å². The van der Waals surface area contributed by atoms with Gasteiger partial charge in [-0.1, -0.05) is 19.3 Å². The fourth-order valence-electron chi connectivity index (χ4n) is 2.67. The summed E-state index contributed by atoms with van der Waals surface area (Å²) >= 11 is 5.41. The highest BCUT2D eigenvalue weighted by atomic mass is 32.1. The van der Waals surface area contributed by atoms with E-state index in [9.17, 15) is 0 Å². The van der Waals surface area contributed by atoms with Gasteiger partial charge in [0.1, 0.15) is 0 Å². The summed E-state index contributed by atoms with van der Waals surface area (Å²) in [6, 6.07) is 0.615. The Morgan fingerprint density at radius 1 is 1.06 bits per heavy atom. The Balaban J connectivity index is 1.74. The van der Waals surface area contributed by atoms with Crippen LogP contribution in [-0.2, 0) is 0 Å². The summed E-state index contributed by atoms with van der Waals surface area (Å²) in [4.78, 5) is 0. The Morgan fingerprint density at radius 3 is 2.25 bits per heavy atom. The first-order valence-corrected chi connectivity index (χ1v) is 7.07. The molecule has 0 spiro atoms. The average molecular weight is 240 g/mol. The number of nitrogens with one attached hydrogen (secondary N) is 2. The number of hydrogen-bond donors (Lipinski definition) is 2. The molecule has 3 heteroatoms. The first-order chi connectivity index (χ1) is 7.58. The first kappa shape index (κ1) is 12.2. The van der Waals surface area contributed by atoms with Gasteiger partial charge < -0.3 is 10.6 Å². The highest BCUT2D eigenvalue weighted by molar-refractivity contribution is 7.80. The first-order valence-electron chi connectivity index (χ1n) is 6.66. The lowest BCUT2D eigenvalue weighted by Crippen LogP contribution is -2.52. The molecule has 0 aromatic heterocycles. The predicted molar refractivity (Wildman–Crippen MR) is 72.5 cm³/mol. The molecular formula is C13H24N2S. The van der Waals surface area contributed by atoms with Crippen LogP contribution in [0.3, 0.4) is 0 Å². The van der Waals surface area contributed by atoms with Crippen molar-refractivity contribution in [1.82, 2.24) is 10.6 Å². The largest absolute Gasteiger partial charge is 0.360 e. The van der Waals surface area contributed by atoms with Crippen molar-refractivity contribution in [1.29, 1.82) is 0 Å². The minimum absolute atomic E-state index is 0.179. The topological polar surface area (TPSA) is 24.1 Å². The molecule has 0 aromatic carbocycles. The second kappa shape index (κ2) is 4.91. The van der Waals surface area contributed by atoms with Gasteiger partial charge in [0.2, 0.25) is 0 Å². The van der Waals surface area contributed by atoms with Gasteiger partial charge in [0.05, 0.1) is 0 Å². The van der Waals surface area contributed by atoms with E-state index in [1.807, 2.05) is 0 Å². The molecule has 0 heterocycles. The maximum Gasteiger partial charge on any atom is 0.166 e. The summed E-state index contributed by atoms with van der Waals surface area (Å²) < 4.78 is 0. The van der Waals surface area contributed by atoms with E-state index in [1.165, 1.54) is 44.9 Å². The maximum absolute atomic E-state index is 5.41. The van der Waals surface area contributed by atoms with Gasteiger partial charge in [-0.3, -0.25) is 0 Å². The molecule has 92 valence electrons. The minimum Gasteiger partial charge on any atom is -0.360 e. The SMILES string of the molecule is CC(C)(NC(=S)NC1CCCCC1)C1CC1. The summed E-state index contributed by atoms with van der Waals surface area (Å²) in [6.07, 6.45) is 9.37. The third-order valence-corrected chi connectivity index (χ3v) is 4.19. The van der Waals surface area contributed by atoms with Crippen LogP contribution in [0.5, 0.6) is 0 Å². The van der Waals surface area contributed by atoms with E-state index in [-0.39, 0.29) is 5.54 Å². The van der Waals surface area contributed by atoms with Gasteiger partial charge in [0, 0.05) is 11.6 Å². The molecule has 2 aliphatic carbocycles. The molecule has 2 aliphatic rings. The number of hydrogen-bond acceptors (Lipinski definition) is 1. The lowest BCUT2D eigenvalue weighted by molar-refractivity contribution is 0.380. The van der Waals surface area contributed by atoms with Crippen LogP contribution >= 0.6 is 12.2 Å². The van der Waals surface area contributed by atoms with Crippen LogP contribution < -0.4 is 10.6 Å². The predicted octanol–water partition coefficient (Wildman–Crippen LogP) is 2.97. The number of thiocarbonyl (C=S) groups is 1. The Labute approximate surface area is 105 Å². The standard InChI is InChI=1S/C13H24N2S/c1-13(2,10-8-9-10)15-12(16)14-11-6-4-3-5-7-11/h10-11H,3-9H2,1-2H3,(H2,14,15,16). The van der Waals surface area contributed by atoms with Gasteiger partial charge in [-0.2, -0.15) is 0 Å². The molecule has 16 heavy (non-hydrogen) atoms. The smallest absolute Gasteiger partial charge is 0.166 e. The minimum atomic E-state index is 0.179. The Kier molecular flexibility index (Phi) is 3.73. The molecule has 2 saturated carbocycles. The molecule has 0 radical (unpaired) electrons. The van der Waals surface area contributed by atoms with E-state index in [0.717, 1.165) is 11.0 Å². The van der Waals surface area contributed by atoms with Crippen LogP contribution in [0.4, 0.5) is 0 Å². The quantitative estimate of drug-likeness (QED) is 0.742. The van der Waals surface area contributed by atoms with Gasteiger partial charge in [-0.05, 0) is 57.7 Å². The molecule has 2 nitrogen and oxygen atoms in total. The van der Waals surface area contributed by atoms with Crippen molar-refractivity contribution >= 4 is 17.3 Å². The van der Waals surface area contributed by atoms with Crippen molar-refractivity contribution in [3.8, 4) is 0 Å². The van der Waals surface area contributed by atoms with E-state index >= 15 is 0 Å². The highest BCUT2D eigenvalue weighted by Crippen LogP contribution is 2.39. The maximum atomic E-state index is 5.41. The molecule has 2 N–H and O–H groups in total. The van der Waals surface area contributed by atoms with E-state index < -0.39 is 0 Å². The van der Waals surface area contributed by atoms with Gasteiger partial charge in [0.25, 0.3) is 0 Å². The molecule has 0 aromatic rings. The Hall–Kier alpha value is -0.310. The van der Waals surface area contributed by atoms with Crippen molar-refractivity contribution in [2.24, 2.45) is 5.92 Å². The van der Waals surface area contributed by atoms with Gasteiger partial charge in [0.15, 0.2) is 5.11 Å². The normalized spacial score (nSPS) is 22.9. The fourth-order valence-corrected chi connectivity index (χ4v) is 3.10. The fraction of sp³-hybridized carbons (Fsp3) is 0.923. The van der Waals surface area contributed by atoms with Crippen molar-refractivity contribution in [3.05, 3.63) is 0 Å². The van der Waals surface area contributed by atoms with Crippen LogP contribution in [0.25, 0.3) is 0 Å². The summed E-state index contributed by atoms with van der Waals surface area (Å²) in [5, 5.41) is 7.83. The molecule has 0 amide bonds. The zero-order chi connectivity index (χ0) is 11.6. The molecule has 2 rings (SSSR count). The lowest BCUT2D eigenvalue weighted by atomic mass is 9.95. The van der Waals surface area contributed by atoms with Crippen molar-refractivity contribution < 1.29 is 0 Å². The van der Waals surface area contributed by atoms with Gasteiger partial charge in [-0.25, -0.2) is 0 Å². The van der Waals surface area contributed by atoms with Gasteiger partial charge >= 0.3 is 0 Å². The summed E-state index contributed by atoms with van der Waals surface area (Å²) in [7, 11) is 0. The second-order valence-corrected chi connectivity index (χ2v) is 6.34. The average Bonchev–Trinajstić information content (AvgIpc) is 3.01. The Morgan fingerprint density at radius 2 is 1.69 bits per heavy atom. The second-order valence-electron chi connectivity index (χ2n) is 5.93. The summed E-state index contributed by atoms with van der Waals surface area (Å²) in [6.45, 7) is 4.53. The van der Waals surface area contributed by atoms with E-state index in [4.69, 9.17) is 12.2 Å². The number of rotatable bonds is 3. The van der Waals surface area contributed by atoms with Crippen LogP contribution in [0.15, 0.2) is 0 Å². The van der Waals surface area contributed by atoms with Crippen molar-refractivity contribution in [2.45, 2.75) is 70.4 Å². The summed E-state index contributed by atoms with van der Waals surface area (Å²) in [5.41, 5.74) is 0.179. The molecule has 0 aliphatic heterocycles. The third-order valence-electron chi connectivity index (χ3n) is 3.97. The molecule has 0 bridgehead atoms. The highest BCUT2D eigenvalue weighted by Gasteiger charge is 2.38. The Bertz CT molecular complexity index is 253. The van der Waals surface area contributed by atoms with Crippen molar-refractivity contribution in [2.75, 3.05) is 0 Å². The van der Waals surface area contributed by atoms with Crippen molar-refractivity contribution in [3.63, 3.8) is 0 Å². The van der Waals surface area contributed by atoms with Crippen LogP contribution in [0.1, 0.15) is 58.8 Å². The zero-order valence-electron chi connectivity index (χ0n) is 10.5. The van der Waals surface area contributed by atoms with E-state index in [1.54, 1.807) is 0 Å². The monoisotopic (exact) mass is 240 g/mol. The molecular weight excluding hydrogens is 216 g/mol. The van der Waals surface area contributed by atoms with E-state index in [0.29, 0.717) is 6.04 Å². The van der Waals surface area contributed by atoms with Crippen LogP contribution in [0.2, 0.25) is 0 Å². The summed E-state index contributed by atoms with van der Waals surface area (Å²) in [5.74, 6) is 0.818. The molecule has 0 saturated heterocycles. The molecule has 0 unspecified atom stereocenters. The van der Waals surface area contributed by atoms with E-state index in [2.05, 4.69) is 24.5 Å². The molecule has 0 atom stereocenters. The van der Waals surface area contributed by atoms with Crippen LogP contribution in [-0.4, -0.2) is 16.7 Å². The molecule has 2 fully saturated rings. The lowest BCUT2D eigenvalue weighted by Gasteiger charge is -2.31.